The van der Waals surface area contributed by atoms with Crippen LogP contribution in [0.1, 0.15) is 46.0 Å². The van der Waals surface area contributed by atoms with E-state index < -0.39 is 29.5 Å². The number of carbonyl (C=O) groups is 1. The first kappa shape index (κ1) is 21.9. The van der Waals surface area contributed by atoms with Crippen LogP contribution in [0.2, 0.25) is 0 Å². The van der Waals surface area contributed by atoms with Crippen LogP contribution >= 0.6 is 0 Å². The number of fused-ring (bicyclic) bond motifs is 2. The van der Waals surface area contributed by atoms with Gasteiger partial charge in [0.05, 0.1) is 5.41 Å². The Morgan fingerprint density at radius 2 is 2.07 bits per heavy atom. The van der Waals surface area contributed by atoms with E-state index in [1.165, 1.54) is 0 Å². The van der Waals surface area contributed by atoms with E-state index in [0.717, 1.165) is 49.9 Å². The summed E-state index contributed by atoms with van der Waals surface area (Å²) in [7, 11) is 0. The Labute approximate surface area is 171 Å². The van der Waals surface area contributed by atoms with E-state index >= 15 is 0 Å². The second-order valence-electron chi connectivity index (χ2n) is 8.39. The molecule has 0 radical (unpaired) electrons. The minimum Gasteiger partial charge on any atom is -0.346 e. The van der Waals surface area contributed by atoms with Crippen molar-refractivity contribution in [1.29, 1.82) is 0 Å². The van der Waals surface area contributed by atoms with Crippen molar-refractivity contribution >= 4 is 5.91 Å². The highest BCUT2D eigenvalue weighted by atomic mass is 19.4. The molecule has 0 saturated carbocycles. The topological polar surface area (TPSA) is 41.1 Å². The molecule has 3 atom stereocenters. The van der Waals surface area contributed by atoms with Crippen LogP contribution in [0.4, 0.5) is 13.2 Å². The summed E-state index contributed by atoms with van der Waals surface area (Å²) >= 11 is 0. The van der Waals surface area contributed by atoms with E-state index in [-0.39, 0.29) is 5.92 Å². The summed E-state index contributed by atoms with van der Waals surface area (Å²) in [5, 5.41) is 5.54. The zero-order valence-electron chi connectivity index (χ0n) is 17.2. The number of amides is 1. The van der Waals surface area contributed by atoms with Crippen molar-refractivity contribution in [3.8, 4) is 0 Å². The SMILES string of the molecule is CCNCCCCC1(C(=O)NCC(F)(F)F)C2=C(C=CCC2)C2C=CC=CC21C. The van der Waals surface area contributed by atoms with Gasteiger partial charge in [-0.2, -0.15) is 13.2 Å². The van der Waals surface area contributed by atoms with Gasteiger partial charge in [-0.1, -0.05) is 56.7 Å². The molecule has 0 heterocycles. The lowest BCUT2D eigenvalue weighted by Gasteiger charge is -2.46. The van der Waals surface area contributed by atoms with Crippen molar-refractivity contribution in [1.82, 2.24) is 10.6 Å². The molecule has 0 saturated heterocycles. The molecule has 6 heteroatoms. The summed E-state index contributed by atoms with van der Waals surface area (Å²) < 4.78 is 38.7. The largest absolute Gasteiger partial charge is 0.405 e. The van der Waals surface area contributed by atoms with E-state index in [2.05, 4.69) is 28.9 Å². The second-order valence-corrected chi connectivity index (χ2v) is 8.39. The number of unbranched alkanes of at least 4 members (excludes halogenated alkanes) is 1. The maximum absolute atomic E-state index is 13.5. The van der Waals surface area contributed by atoms with Gasteiger partial charge in [0.15, 0.2) is 0 Å². The third kappa shape index (κ3) is 3.96. The van der Waals surface area contributed by atoms with Crippen molar-refractivity contribution in [3.63, 3.8) is 0 Å². The molecule has 0 aromatic heterocycles. The maximum Gasteiger partial charge on any atom is 0.405 e. The summed E-state index contributed by atoms with van der Waals surface area (Å²) in [5.74, 6) is -0.463. The Kier molecular flexibility index (Phi) is 6.42. The molecule has 3 aliphatic carbocycles. The van der Waals surface area contributed by atoms with Gasteiger partial charge in [0.1, 0.15) is 6.54 Å². The number of nitrogens with one attached hydrogen (secondary N) is 2. The molecule has 3 unspecified atom stereocenters. The van der Waals surface area contributed by atoms with Gasteiger partial charge in [-0.25, -0.2) is 0 Å². The monoisotopic (exact) mass is 408 g/mol. The highest BCUT2D eigenvalue weighted by Crippen LogP contribution is 2.65. The number of carbonyl (C=O) groups excluding carboxylic acids is 1. The molecule has 0 aliphatic heterocycles. The fourth-order valence-corrected chi connectivity index (χ4v) is 5.39. The van der Waals surface area contributed by atoms with Crippen LogP contribution in [0.5, 0.6) is 0 Å². The summed E-state index contributed by atoms with van der Waals surface area (Å²) in [4.78, 5) is 13.5. The molecule has 0 aromatic rings. The Morgan fingerprint density at radius 3 is 2.79 bits per heavy atom. The van der Waals surface area contributed by atoms with Crippen LogP contribution in [0, 0.1) is 16.7 Å². The van der Waals surface area contributed by atoms with E-state index in [9.17, 15) is 18.0 Å². The number of allylic oxidation sites excluding steroid dienone is 7. The van der Waals surface area contributed by atoms with Gasteiger partial charge in [-0.3, -0.25) is 4.79 Å². The molecular formula is C23H31F3N2O. The van der Waals surface area contributed by atoms with Crippen LogP contribution < -0.4 is 10.6 Å². The standard InChI is InChI=1S/C23H31F3N2O/c1-3-27-15-9-8-14-22(20(29)28-16-23(24,25)26)19-12-5-4-10-17(19)18-11-6-7-13-21(18,22)2/h4,6-7,10-11,13,18,27H,3,5,8-9,12,14-16H2,1-2H3,(H,28,29). The quantitative estimate of drug-likeness (QED) is 0.564. The molecule has 0 spiro atoms. The van der Waals surface area contributed by atoms with Crippen molar-refractivity contribution in [2.75, 3.05) is 19.6 Å². The molecule has 3 aliphatic rings. The second kappa shape index (κ2) is 8.50. The number of rotatable bonds is 8. The van der Waals surface area contributed by atoms with Crippen LogP contribution in [-0.2, 0) is 4.79 Å². The van der Waals surface area contributed by atoms with Crippen molar-refractivity contribution in [2.24, 2.45) is 16.7 Å². The number of hydrogen-bond donors (Lipinski definition) is 2. The predicted molar refractivity (Wildman–Crippen MR) is 109 cm³/mol. The first-order valence-corrected chi connectivity index (χ1v) is 10.6. The first-order valence-electron chi connectivity index (χ1n) is 10.6. The minimum absolute atomic E-state index is 0.0180. The van der Waals surface area contributed by atoms with Gasteiger partial charge in [0.2, 0.25) is 5.91 Å². The molecule has 0 bridgehead atoms. The highest BCUT2D eigenvalue weighted by Gasteiger charge is 2.63. The first-order chi connectivity index (χ1) is 13.8. The van der Waals surface area contributed by atoms with Gasteiger partial charge in [-0.05, 0) is 49.9 Å². The van der Waals surface area contributed by atoms with Crippen molar-refractivity contribution in [2.45, 2.75) is 52.1 Å². The fourth-order valence-electron chi connectivity index (χ4n) is 5.39. The summed E-state index contributed by atoms with van der Waals surface area (Å²) in [6.07, 6.45) is 11.6. The Balaban J connectivity index is 1.99. The average molecular weight is 409 g/mol. The van der Waals surface area contributed by atoms with E-state index in [4.69, 9.17) is 0 Å². The third-order valence-corrected chi connectivity index (χ3v) is 6.72. The molecule has 29 heavy (non-hydrogen) atoms. The third-order valence-electron chi connectivity index (χ3n) is 6.72. The van der Waals surface area contributed by atoms with Gasteiger partial charge in [0.25, 0.3) is 0 Å². The normalized spacial score (nSPS) is 30.4. The molecule has 2 N–H and O–H groups in total. The Morgan fingerprint density at radius 1 is 1.28 bits per heavy atom. The van der Waals surface area contributed by atoms with Gasteiger partial charge in [-0.15, -0.1) is 0 Å². The van der Waals surface area contributed by atoms with Crippen LogP contribution in [0.25, 0.3) is 0 Å². The Hall–Kier alpha value is -1.82. The van der Waals surface area contributed by atoms with E-state index in [1.54, 1.807) is 0 Å². The lowest BCUT2D eigenvalue weighted by Crippen LogP contribution is -2.53. The molecule has 160 valence electrons. The van der Waals surface area contributed by atoms with Gasteiger partial charge >= 0.3 is 6.18 Å². The number of alkyl halides is 3. The Bertz CT molecular complexity index is 750. The predicted octanol–water partition coefficient (Wildman–Crippen LogP) is 4.84. The highest BCUT2D eigenvalue weighted by molar-refractivity contribution is 5.89. The molecule has 3 nitrogen and oxygen atoms in total. The number of hydrogen-bond acceptors (Lipinski definition) is 2. The van der Waals surface area contributed by atoms with E-state index in [1.807, 2.05) is 32.1 Å². The lowest BCUT2D eigenvalue weighted by molar-refractivity contribution is -0.147. The molecule has 3 rings (SSSR count). The fraction of sp³-hybridized carbons (Fsp3) is 0.609. The zero-order chi connectivity index (χ0) is 21.1. The number of halogens is 3. The van der Waals surface area contributed by atoms with Crippen LogP contribution in [0.15, 0.2) is 47.6 Å². The van der Waals surface area contributed by atoms with E-state index in [0.29, 0.717) is 6.42 Å². The molecule has 0 aromatic carbocycles. The summed E-state index contributed by atoms with van der Waals surface area (Å²) in [6, 6.07) is 0. The lowest BCUT2D eigenvalue weighted by atomic mass is 9.56. The minimum atomic E-state index is -4.42. The van der Waals surface area contributed by atoms with Gasteiger partial charge < -0.3 is 10.6 Å². The van der Waals surface area contributed by atoms with Crippen LogP contribution in [-0.4, -0.2) is 31.7 Å². The summed E-state index contributed by atoms with van der Waals surface area (Å²) in [5.41, 5.74) is 0.644. The molecule has 1 amide bonds. The molecular weight excluding hydrogens is 377 g/mol. The zero-order valence-corrected chi connectivity index (χ0v) is 17.2. The summed E-state index contributed by atoms with van der Waals surface area (Å²) in [6.45, 7) is 4.52. The van der Waals surface area contributed by atoms with Crippen molar-refractivity contribution < 1.29 is 18.0 Å². The van der Waals surface area contributed by atoms with Gasteiger partial charge in [0, 0.05) is 11.3 Å². The molecule has 0 fully saturated rings. The van der Waals surface area contributed by atoms with Crippen LogP contribution in [0.3, 0.4) is 0 Å². The van der Waals surface area contributed by atoms with Crippen molar-refractivity contribution in [3.05, 3.63) is 47.6 Å². The average Bonchev–Trinajstić information content (AvgIpc) is 2.91. The maximum atomic E-state index is 13.5. The smallest absolute Gasteiger partial charge is 0.346 e.